The van der Waals surface area contributed by atoms with Crippen LogP contribution in [0.1, 0.15) is 34.1 Å². The second kappa shape index (κ2) is 11.7. The van der Waals surface area contributed by atoms with E-state index >= 15 is 0 Å². The van der Waals surface area contributed by atoms with E-state index < -0.39 is 48.4 Å². The third-order valence-corrected chi connectivity index (χ3v) is 3.97. The Morgan fingerprint density at radius 2 is 1.58 bits per heavy atom. The Labute approximate surface area is 159 Å². The number of aliphatic carboxylic acids is 1. The fourth-order valence-electron chi connectivity index (χ4n) is 2.00. The van der Waals surface area contributed by atoms with Crippen LogP contribution in [-0.4, -0.2) is 59.2 Å². The van der Waals surface area contributed by atoms with Gasteiger partial charge in [-0.15, -0.1) is 0 Å². The molecule has 0 rings (SSSR count). The van der Waals surface area contributed by atoms with Gasteiger partial charge in [0.05, 0.1) is 12.6 Å². The highest BCUT2D eigenvalue weighted by molar-refractivity contribution is 7.80. The van der Waals surface area contributed by atoms with Crippen LogP contribution in [0.25, 0.3) is 0 Å². The highest BCUT2D eigenvalue weighted by Gasteiger charge is 2.26. The molecule has 0 aromatic heterocycles. The Hall–Kier alpha value is -1.81. The van der Waals surface area contributed by atoms with E-state index in [2.05, 4.69) is 28.6 Å². The standard InChI is InChI=1S/C16H30N4O5S/c1-8(2)5-10(20-15(23)13(17)9(3)4)14(22)18-6-12(21)19-11(7-26)16(24)25/h8-11,13,26H,5-7,17H2,1-4H3,(H,18,22)(H,19,21)(H,20,23)(H,24,25). The molecule has 0 radical (unpaired) electrons. The number of carboxylic acids is 1. The molecule has 0 aliphatic rings. The Morgan fingerprint density at radius 3 is 2.00 bits per heavy atom. The van der Waals surface area contributed by atoms with Gasteiger partial charge in [0.2, 0.25) is 17.7 Å². The Bertz CT molecular complexity index is 513. The largest absolute Gasteiger partial charge is 0.480 e. The normalized spacial score (nSPS) is 14.5. The van der Waals surface area contributed by atoms with Crippen LogP contribution in [0, 0.1) is 11.8 Å². The number of rotatable bonds is 11. The van der Waals surface area contributed by atoms with Gasteiger partial charge in [0.25, 0.3) is 0 Å². The molecule has 150 valence electrons. The molecule has 3 amide bonds. The average molecular weight is 391 g/mol. The molecule has 0 aliphatic carbocycles. The molecular weight excluding hydrogens is 360 g/mol. The summed E-state index contributed by atoms with van der Waals surface area (Å²) in [6.07, 6.45) is 0.373. The van der Waals surface area contributed by atoms with Crippen molar-refractivity contribution < 1.29 is 24.3 Å². The van der Waals surface area contributed by atoms with Crippen molar-refractivity contribution >= 4 is 36.3 Å². The summed E-state index contributed by atoms with van der Waals surface area (Å²) >= 11 is 3.84. The zero-order valence-electron chi connectivity index (χ0n) is 15.6. The van der Waals surface area contributed by atoms with Crippen molar-refractivity contribution in [3.8, 4) is 0 Å². The molecule has 0 heterocycles. The van der Waals surface area contributed by atoms with Crippen molar-refractivity contribution in [3.05, 3.63) is 0 Å². The zero-order valence-corrected chi connectivity index (χ0v) is 16.5. The van der Waals surface area contributed by atoms with Crippen molar-refractivity contribution in [3.63, 3.8) is 0 Å². The quantitative estimate of drug-likeness (QED) is 0.252. The van der Waals surface area contributed by atoms with Gasteiger partial charge in [-0.1, -0.05) is 27.7 Å². The molecule has 0 bridgehead atoms. The van der Waals surface area contributed by atoms with E-state index in [-0.39, 0.29) is 17.6 Å². The summed E-state index contributed by atoms with van der Waals surface area (Å²) < 4.78 is 0. The van der Waals surface area contributed by atoms with Gasteiger partial charge >= 0.3 is 5.97 Å². The second-order valence-electron chi connectivity index (χ2n) is 6.82. The van der Waals surface area contributed by atoms with Crippen LogP contribution in [0.15, 0.2) is 0 Å². The van der Waals surface area contributed by atoms with Gasteiger partial charge in [-0.25, -0.2) is 4.79 Å². The van der Waals surface area contributed by atoms with E-state index in [4.69, 9.17) is 10.8 Å². The van der Waals surface area contributed by atoms with Gasteiger partial charge in [0.1, 0.15) is 12.1 Å². The molecule has 0 saturated heterocycles. The summed E-state index contributed by atoms with van der Waals surface area (Å²) in [5, 5.41) is 16.1. The van der Waals surface area contributed by atoms with Gasteiger partial charge < -0.3 is 26.8 Å². The lowest BCUT2D eigenvalue weighted by Gasteiger charge is -2.23. The molecule has 3 unspecified atom stereocenters. The first kappa shape index (κ1) is 24.2. The van der Waals surface area contributed by atoms with Gasteiger partial charge in [0, 0.05) is 5.75 Å². The lowest BCUT2D eigenvalue weighted by molar-refractivity contribution is -0.141. The van der Waals surface area contributed by atoms with Crippen molar-refractivity contribution in [1.29, 1.82) is 0 Å². The smallest absolute Gasteiger partial charge is 0.327 e. The maximum Gasteiger partial charge on any atom is 0.327 e. The highest BCUT2D eigenvalue weighted by Crippen LogP contribution is 2.06. The molecule has 9 nitrogen and oxygen atoms in total. The van der Waals surface area contributed by atoms with Gasteiger partial charge in [-0.05, 0) is 18.3 Å². The molecule has 0 fully saturated rings. The summed E-state index contributed by atoms with van der Waals surface area (Å²) in [5.41, 5.74) is 5.79. The maximum atomic E-state index is 12.3. The summed E-state index contributed by atoms with van der Waals surface area (Å²) in [4.78, 5) is 47.1. The molecule has 0 spiro atoms. The van der Waals surface area contributed by atoms with Crippen LogP contribution in [-0.2, 0) is 19.2 Å². The molecule has 0 saturated carbocycles. The monoisotopic (exact) mass is 390 g/mol. The van der Waals surface area contributed by atoms with E-state index in [0.717, 1.165) is 0 Å². The number of nitrogens with two attached hydrogens (primary N) is 1. The van der Waals surface area contributed by atoms with E-state index in [1.807, 2.05) is 13.8 Å². The number of hydrogen-bond acceptors (Lipinski definition) is 6. The van der Waals surface area contributed by atoms with Crippen molar-refractivity contribution in [2.45, 2.75) is 52.2 Å². The lowest BCUT2D eigenvalue weighted by Crippen LogP contribution is -2.54. The molecule has 6 N–H and O–H groups in total. The van der Waals surface area contributed by atoms with Crippen LogP contribution < -0.4 is 21.7 Å². The molecular formula is C16H30N4O5S. The van der Waals surface area contributed by atoms with Crippen LogP contribution in [0.4, 0.5) is 0 Å². The maximum absolute atomic E-state index is 12.3. The fourth-order valence-corrected chi connectivity index (χ4v) is 2.24. The number of carbonyl (C=O) groups is 4. The van der Waals surface area contributed by atoms with Crippen LogP contribution >= 0.6 is 12.6 Å². The lowest BCUT2D eigenvalue weighted by atomic mass is 10.0. The number of carbonyl (C=O) groups excluding carboxylic acids is 3. The predicted octanol–water partition coefficient (Wildman–Crippen LogP) is -0.884. The molecule has 10 heteroatoms. The number of carboxylic acid groups (broad SMARTS) is 1. The number of hydrogen-bond donors (Lipinski definition) is 6. The van der Waals surface area contributed by atoms with Gasteiger partial charge in [-0.3, -0.25) is 14.4 Å². The van der Waals surface area contributed by atoms with Crippen molar-refractivity contribution in [2.75, 3.05) is 12.3 Å². The number of nitrogens with one attached hydrogen (secondary N) is 3. The Morgan fingerprint density at radius 1 is 1.00 bits per heavy atom. The van der Waals surface area contributed by atoms with E-state index in [1.54, 1.807) is 13.8 Å². The topological polar surface area (TPSA) is 151 Å². The van der Waals surface area contributed by atoms with Crippen molar-refractivity contribution in [2.24, 2.45) is 17.6 Å². The summed E-state index contributed by atoms with van der Waals surface area (Å²) in [6.45, 7) is 6.98. The number of amides is 3. The highest BCUT2D eigenvalue weighted by atomic mass is 32.1. The minimum Gasteiger partial charge on any atom is -0.480 e. The predicted molar refractivity (Wildman–Crippen MR) is 101 cm³/mol. The summed E-state index contributed by atoms with van der Waals surface area (Å²) in [5.74, 6) is -2.88. The summed E-state index contributed by atoms with van der Waals surface area (Å²) in [7, 11) is 0. The Kier molecular flexibility index (Phi) is 10.9. The fraction of sp³-hybridized carbons (Fsp3) is 0.750. The zero-order chi connectivity index (χ0) is 20.4. The van der Waals surface area contributed by atoms with Gasteiger partial charge in [-0.2, -0.15) is 12.6 Å². The first-order valence-corrected chi connectivity index (χ1v) is 9.09. The van der Waals surface area contributed by atoms with Gasteiger partial charge in [0.15, 0.2) is 0 Å². The molecule has 0 aromatic rings. The third kappa shape index (κ3) is 9.04. The van der Waals surface area contributed by atoms with E-state index in [9.17, 15) is 19.2 Å². The first-order valence-electron chi connectivity index (χ1n) is 8.46. The first-order chi connectivity index (χ1) is 12.0. The molecule has 26 heavy (non-hydrogen) atoms. The SMILES string of the molecule is CC(C)CC(NC(=O)C(N)C(C)C)C(=O)NCC(=O)NC(CS)C(=O)O. The second-order valence-corrected chi connectivity index (χ2v) is 7.18. The Balaban J connectivity index is 4.76. The minimum absolute atomic E-state index is 0.0753. The van der Waals surface area contributed by atoms with E-state index in [1.165, 1.54) is 0 Å². The van der Waals surface area contributed by atoms with Crippen LogP contribution in [0.5, 0.6) is 0 Å². The van der Waals surface area contributed by atoms with E-state index in [0.29, 0.717) is 6.42 Å². The molecule has 3 atom stereocenters. The van der Waals surface area contributed by atoms with Crippen molar-refractivity contribution in [1.82, 2.24) is 16.0 Å². The average Bonchev–Trinajstić information content (AvgIpc) is 2.55. The molecule has 0 aliphatic heterocycles. The van der Waals surface area contributed by atoms with Crippen LogP contribution in [0.3, 0.4) is 0 Å². The molecule has 0 aromatic carbocycles. The van der Waals surface area contributed by atoms with Crippen LogP contribution in [0.2, 0.25) is 0 Å². The third-order valence-electron chi connectivity index (χ3n) is 3.60. The summed E-state index contributed by atoms with van der Waals surface area (Å²) in [6, 6.07) is -2.72. The minimum atomic E-state index is -1.22. The number of thiol groups is 1.